The topological polar surface area (TPSA) is 78.3 Å². The number of rotatable bonds is 4. The van der Waals surface area contributed by atoms with E-state index in [-0.39, 0.29) is 11.7 Å². The SMILES string of the molecule is CCNC(=O)c1ccc2nc(-c3ccccc3O)nc(N(C)C)c2c1. The molecule has 0 radical (unpaired) electrons. The Hall–Kier alpha value is -3.15. The molecular weight excluding hydrogens is 316 g/mol. The van der Waals surface area contributed by atoms with Crippen LogP contribution >= 0.6 is 0 Å². The van der Waals surface area contributed by atoms with E-state index in [0.29, 0.717) is 34.8 Å². The highest BCUT2D eigenvalue weighted by Gasteiger charge is 2.15. The Morgan fingerprint density at radius 2 is 1.92 bits per heavy atom. The molecule has 0 aliphatic rings. The van der Waals surface area contributed by atoms with Crippen LogP contribution in [0.2, 0.25) is 0 Å². The molecule has 0 bridgehead atoms. The molecule has 6 heteroatoms. The van der Waals surface area contributed by atoms with Crippen molar-refractivity contribution in [2.24, 2.45) is 0 Å². The number of para-hydroxylation sites is 1. The van der Waals surface area contributed by atoms with Crippen molar-refractivity contribution in [1.82, 2.24) is 15.3 Å². The molecule has 0 atom stereocenters. The number of nitrogens with zero attached hydrogens (tertiary/aromatic N) is 3. The predicted molar refractivity (Wildman–Crippen MR) is 99.0 cm³/mol. The number of aromatic hydroxyl groups is 1. The van der Waals surface area contributed by atoms with E-state index >= 15 is 0 Å². The van der Waals surface area contributed by atoms with Crippen LogP contribution < -0.4 is 10.2 Å². The summed E-state index contributed by atoms with van der Waals surface area (Å²) in [5.74, 6) is 1.14. The first-order valence-electron chi connectivity index (χ1n) is 8.07. The van der Waals surface area contributed by atoms with Crippen LogP contribution in [-0.4, -0.2) is 41.6 Å². The molecule has 3 rings (SSSR count). The van der Waals surface area contributed by atoms with Gasteiger partial charge >= 0.3 is 0 Å². The van der Waals surface area contributed by atoms with Gasteiger partial charge < -0.3 is 15.3 Å². The molecule has 0 fully saturated rings. The largest absolute Gasteiger partial charge is 0.507 e. The van der Waals surface area contributed by atoms with E-state index in [1.54, 1.807) is 36.4 Å². The molecule has 3 aromatic rings. The van der Waals surface area contributed by atoms with Gasteiger partial charge in [-0.05, 0) is 37.3 Å². The molecule has 0 saturated carbocycles. The number of hydrogen-bond acceptors (Lipinski definition) is 5. The van der Waals surface area contributed by atoms with Crippen molar-refractivity contribution in [1.29, 1.82) is 0 Å². The van der Waals surface area contributed by atoms with E-state index in [0.717, 1.165) is 5.39 Å². The monoisotopic (exact) mass is 336 g/mol. The number of fused-ring (bicyclic) bond motifs is 1. The number of benzene rings is 2. The molecule has 1 aromatic heterocycles. The summed E-state index contributed by atoms with van der Waals surface area (Å²) in [6.07, 6.45) is 0. The summed E-state index contributed by atoms with van der Waals surface area (Å²) < 4.78 is 0. The molecule has 6 nitrogen and oxygen atoms in total. The molecule has 0 spiro atoms. The fraction of sp³-hybridized carbons (Fsp3) is 0.211. The van der Waals surface area contributed by atoms with Crippen LogP contribution in [0.15, 0.2) is 42.5 Å². The van der Waals surface area contributed by atoms with Crippen LogP contribution in [0.5, 0.6) is 5.75 Å². The summed E-state index contributed by atoms with van der Waals surface area (Å²) in [4.78, 5) is 23.1. The van der Waals surface area contributed by atoms with Gasteiger partial charge in [0.2, 0.25) is 0 Å². The molecule has 2 N–H and O–H groups in total. The first-order chi connectivity index (χ1) is 12.0. The van der Waals surface area contributed by atoms with Crippen molar-refractivity contribution in [3.05, 3.63) is 48.0 Å². The summed E-state index contributed by atoms with van der Waals surface area (Å²) in [6.45, 7) is 2.45. The molecule has 25 heavy (non-hydrogen) atoms. The maximum atomic E-state index is 12.1. The van der Waals surface area contributed by atoms with Gasteiger partial charge in [0.1, 0.15) is 11.6 Å². The summed E-state index contributed by atoms with van der Waals surface area (Å²) in [5.41, 5.74) is 1.85. The summed E-state index contributed by atoms with van der Waals surface area (Å²) in [6, 6.07) is 12.3. The molecule has 2 aromatic carbocycles. The zero-order valence-corrected chi connectivity index (χ0v) is 14.4. The lowest BCUT2D eigenvalue weighted by Gasteiger charge is -2.16. The van der Waals surface area contributed by atoms with Gasteiger partial charge in [0, 0.05) is 31.6 Å². The molecule has 1 heterocycles. The first-order valence-corrected chi connectivity index (χ1v) is 8.07. The fourth-order valence-electron chi connectivity index (χ4n) is 2.64. The lowest BCUT2D eigenvalue weighted by molar-refractivity contribution is 0.0956. The quantitative estimate of drug-likeness (QED) is 0.766. The van der Waals surface area contributed by atoms with Gasteiger partial charge in [-0.3, -0.25) is 4.79 Å². The number of hydrogen-bond donors (Lipinski definition) is 2. The zero-order chi connectivity index (χ0) is 18.0. The van der Waals surface area contributed by atoms with E-state index in [1.807, 2.05) is 32.0 Å². The predicted octanol–water partition coefficient (Wildman–Crippen LogP) is 2.82. The molecule has 0 saturated heterocycles. The third kappa shape index (κ3) is 3.24. The number of aromatic nitrogens is 2. The minimum atomic E-state index is -0.126. The number of anilines is 1. The molecule has 0 aliphatic heterocycles. The Labute approximate surface area is 146 Å². The molecule has 1 amide bonds. The van der Waals surface area contributed by atoms with Gasteiger partial charge in [-0.2, -0.15) is 0 Å². The van der Waals surface area contributed by atoms with Crippen LogP contribution in [0.4, 0.5) is 5.82 Å². The number of nitrogens with one attached hydrogen (secondary N) is 1. The Balaban J connectivity index is 2.20. The van der Waals surface area contributed by atoms with E-state index in [4.69, 9.17) is 0 Å². The van der Waals surface area contributed by atoms with Crippen molar-refractivity contribution in [3.63, 3.8) is 0 Å². The highest BCUT2D eigenvalue weighted by Crippen LogP contribution is 2.31. The van der Waals surface area contributed by atoms with Gasteiger partial charge in [-0.25, -0.2) is 9.97 Å². The number of phenolic OH excluding ortho intramolecular Hbond substituents is 1. The van der Waals surface area contributed by atoms with Crippen molar-refractivity contribution < 1.29 is 9.90 Å². The van der Waals surface area contributed by atoms with Crippen LogP contribution in [-0.2, 0) is 0 Å². The minimum absolute atomic E-state index is 0.126. The van der Waals surface area contributed by atoms with Crippen LogP contribution in [0, 0.1) is 0 Å². The van der Waals surface area contributed by atoms with Crippen LogP contribution in [0.1, 0.15) is 17.3 Å². The third-order valence-electron chi connectivity index (χ3n) is 3.84. The van der Waals surface area contributed by atoms with Crippen molar-refractivity contribution in [2.45, 2.75) is 6.92 Å². The lowest BCUT2D eigenvalue weighted by Crippen LogP contribution is -2.22. The van der Waals surface area contributed by atoms with E-state index in [9.17, 15) is 9.90 Å². The molecule has 0 aliphatic carbocycles. The van der Waals surface area contributed by atoms with Crippen LogP contribution in [0.25, 0.3) is 22.3 Å². The van der Waals surface area contributed by atoms with E-state index in [1.165, 1.54) is 0 Å². The fourth-order valence-corrected chi connectivity index (χ4v) is 2.64. The van der Waals surface area contributed by atoms with Crippen molar-refractivity contribution >= 4 is 22.6 Å². The number of carbonyl (C=O) groups is 1. The van der Waals surface area contributed by atoms with Crippen molar-refractivity contribution in [2.75, 3.05) is 25.5 Å². The zero-order valence-electron chi connectivity index (χ0n) is 14.4. The maximum Gasteiger partial charge on any atom is 0.251 e. The molecular formula is C19H20N4O2. The van der Waals surface area contributed by atoms with Crippen LogP contribution in [0.3, 0.4) is 0 Å². The second kappa shape index (κ2) is 6.76. The normalized spacial score (nSPS) is 10.7. The highest BCUT2D eigenvalue weighted by atomic mass is 16.3. The lowest BCUT2D eigenvalue weighted by atomic mass is 10.1. The second-order valence-corrected chi connectivity index (χ2v) is 5.87. The van der Waals surface area contributed by atoms with Gasteiger partial charge in [-0.15, -0.1) is 0 Å². The van der Waals surface area contributed by atoms with E-state index < -0.39 is 0 Å². The van der Waals surface area contributed by atoms with E-state index in [2.05, 4.69) is 15.3 Å². The van der Waals surface area contributed by atoms with Gasteiger partial charge in [0.05, 0.1) is 11.1 Å². The highest BCUT2D eigenvalue weighted by molar-refractivity contribution is 6.00. The Morgan fingerprint density at radius 1 is 1.16 bits per heavy atom. The molecule has 128 valence electrons. The summed E-state index contributed by atoms with van der Waals surface area (Å²) in [7, 11) is 3.77. The van der Waals surface area contributed by atoms with Gasteiger partial charge in [-0.1, -0.05) is 12.1 Å². The van der Waals surface area contributed by atoms with Crippen molar-refractivity contribution in [3.8, 4) is 17.1 Å². The minimum Gasteiger partial charge on any atom is -0.507 e. The molecule has 0 unspecified atom stereocenters. The average molecular weight is 336 g/mol. The Kier molecular flexibility index (Phi) is 4.52. The second-order valence-electron chi connectivity index (χ2n) is 5.87. The van der Waals surface area contributed by atoms with Gasteiger partial charge in [0.15, 0.2) is 5.82 Å². The van der Waals surface area contributed by atoms with Gasteiger partial charge in [0.25, 0.3) is 5.91 Å². The first kappa shape index (κ1) is 16.7. The number of amides is 1. The third-order valence-corrected chi connectivity index (χ3v) is 3.84. The average Bonchev–Trinajstić information content (AvgIpc) is 2.60. The smallest absolute Gasteiger partial charge is 0.251 e. The standard InChI is InChI=1S/C19H20N4O2/c1-4-20-19(25)12-9-10-15-14(11-12)18(23(2)3)22-17(21-15)13-7-5-6-8-16(13)24/h5-11,24H,4H2,1-3H3,(H,20,25). The maximum absolute atomic E-state index is 12.1. The Morgan fingerprint density at radius 3 is 2.60 bits per heavy atom. The number of phenols is 1. The number of carbonyl (C=O) groups excluding carboxylic acids is 1. The summed E-state index contributed by atoms with van der Waals surface area (Å²) >= 11 is 0. The Bertz CT molecular complexity index is 938. The summed E-state index contributed by atoms with van der Waals surface area (Å²) in [5, 5.41) is 13.7.